The van der Waals surface area contributed by atoms with E-state index in [2.05, 4.69) is 31.4 Å². The number of nitrogens with one attached hydrogen (secondary N) is 2. The molecule has 0 radical (unpaired) electrons. The fourth-order valence-corrected chi connectivity index (χ4v) is 2.72. The van der Waals surface area contributed by atoms with Crippen molar-refractivity contribution < 1.29 is 14.3 Å². The van der Waals surface area contributed by atoms with Gasteiger partial charge in [0.1, 0.15) is 6.10 Å². The van der Waals surface area contributed by atoms with Crippen LogP contribution in [0.5, 0.6) is 0 Å². The first-order valence-electron chi connectivity index (χ1n) is 6.58. The Morgan fingerprint density at radius 3 is 2.67 bits per heavy atom. The van der Waals surface area contributed by atoms with Gasteiger partial charge in [0.25, 0.3) is 5.91 Å². The van der Waals surface area contributed by atoms with Crippen molar-refractivity contribution in [3.8, 4) is 0 Å². The van der Waals surface area contributed by atoms with Gasteiger partial charge in [-0.05, 0) is 13.3 Å². The maximum absolute atomic E-state index is 12.1. The zero-order valence-electron chi connectivity index (χ0n) is 11.7. The van der Waals surface area contributed by atoms with Crippen molar-refractivity contribution in [2.45, 2.75) is 44.9 Å². The third-order valence-electron chi connectivity index (χ3n) is 4.81. The summed E-state index contributed by atoms with van der Waals surface area (Å²) in [6, 6.07) is 0.153. The minimum Gasteiger partial charge on any atom is -0.378 e. The highest BCUT2D eigenvalue weighted by Crippen LogP contribution is 2.51. The zero-order valence-corrected chi connectivity index (χ0v) is 11.7. The van der Waals surface area contributed by atoms with Crippen molar-refractivity contribution in [3.05, 3.63) is 0 Å². The Morgan fingerprint density at radius 1 is 1.44 bits per heavy atom. The Labute approximate surface area is 109 Å². The van der Waals surface area contributed by atoms with Crippen LogP contribution in [0.2, 0.25) is 0 Å². The minimum absolute atomic E-state index is 0.0153. The first-order chi connectivity index (χ1) is 8.40. The fraction of sp³-hybridized carbons (Fsp3) is 0.923. The van der Waals surface area contributed by atoms with E-state index >= 15 is 0 Å². The number of carbonyl (C=O) groups excluding carboxylic acids is 1. The van der Waals surface area contributed by atoms with Crippen molar-refractivity contribution >= 4 is 5.91 Å². The number of ether oxygens (including phenoxy) is 2. The topological polar surface area (TPSA) is 59.6 Å². The van der Waals surface area contributed by atoms with E-state index in [4.69, 9.17) is 9.47 Å². The van der Waals surface area contributed by atoms with Crippen LogP contribution in [0.4, 0.5) is 0 Å². The SMILES string of the molecule is CO[C@]1(C)C[C@@H](NC(=O)[C@H]2CNCCO2)C1(C)C. The van der Waals surface area contributed by atoms with E-state index in [1.54, 1.807) is 7.11 Å². The summed E-state index contributed by atoms with van der Waals surface area (Å²) in [6.45, 7) is 8.37. The zero-order chi connectivity index (χ0) is 13.4. The van der Waals surface area contributed by atoms with Gasteiger partial charge >= 0.3 is 0 Å². The second-order valence-corrected chi connectivity index (χ2v) is 5.99. The predicted octanol–water partition coefficient (Wildman–Crippen LogP) is 0.295. The summed E-state index contributed by atoms with van der Waals surface area (Å²) < 4.78 is 11.0. The van der Waals surface area contributed by atoms with Gasteiger partial charge in [-0.1, -0.05) is 13.8 Å². The molecule has 3 atom stereocenters. The van der Waals surface area contributed by atoms with E-state index < -0.39 is 0 Å². The van der Waals surface area contributed by atoms with Gasteiger partial charge in [-0.25, -0.2) is 0 Å². The average molecular weight is 256 g/mol. The number of hydrogen-bond acceptors (Lipinski definition) is 4. The maximum Gasteiger partial charge on any atom is 0.250 e. The molecule has 0 aromatic carbocycles. The van der Waals surface area contributed by atoms with Gasteiger partial charge in [-0.2, -0.15) is 0 Å². The van der Waals surface area contributed by atoms with E-state index in [-0.39, 0.29) is 29.1 Å². The molecule has 18 heavy (non-hydrogen) atoms. The van der Waals surface area contributed by atoms with Crippen LogP contribution < -0.4 is 10.6 Å². The lowest BCUT2D eigenvalue weighted by Crippen LogP contribution is -2.69. The molecule has 1 aliphatic carbocycles. The fourth-order valence-electron chi connectivity index (χ4n) is 2.72. The molecular weight excluding hydrogens is 232 g/mol. The summed E-state index contributed by atoms with van der Waals surface area (Å²) >= 11 is 0. The molecule has 5 heteroatoms. The highest BCUT2D eigenvalue weighted by atomic mass is 16.5. The molecule has 2 fully saturated rings. The van der Waals surface area contributed by atoms with Gasteiger partial charge in [0, 0.05) is 31.7 Å². The summed E-state index contributed by atoms with van der Waals surface area (Å²) in [6.07, 6.45) is 0.492. The van der Waals surface area contributed by atoms with Crippen LogP contribution in [-0.2, 0) is 14.3 Å². The lowest BCUT2D eigenvalue weighted by Gasteiger charge is -2.59. The van der Waals surface area contributed by atoms with Crippen molar-refractivity contribution in [2.24, 2.45) is 5.41 Å². The van der Waals surface area contributed by atoms with Gasteiger partial charge in [0.15, 0.2) is 0 Å². The van der Waals surface area contributed by atoms with Crippen LogP contribution in [0.1, 0.15) is 27.2 Å². The summed E-state index contributed by atoms with van der Waals surface area (Å²) in [5.41, 5.74) is -0.212. The van der Waals surface area contributed by atoms with Crippen LogP contribution in [0, 0.1) is 5.41 Å². The van der Waals surface area contributed by atoms with Gasteiger partial charge in [-0.15, -0.1) is 0 Å². The van der Waals surface area contributed by atoms with E-state index in [0.29, 0.717) is 13.2 Å². The molecule has 1 amide bonds. The lowest BCUT2D eigenvalue weighted by molar-refractivity contribution is -0.184. The largest absolute Gasteiger partial charge is 0.378 e. The molecule has 104 valence electrons. The molecule has 2 N–H and O–H groups in total. The van der Waals surface area contributed by atoms with E-state index in [1.165, 1.54) is 0 Å². The van der Waals surface area contributed by atoms with Gasteiger partial charge in [0.05, 0.1) is 12.2 Å². The molecule has 1 heterocycles. The van der Waals surface area contributed by atoms with Crippen LogP contribution in [-0.4, -0.2) is 50.5 Å². The molecule has 1 saturated carbocycles. The molecule has 0 aromatic heterocycles. The molecule has 5 nitrogen and oxygen atoms in total. The highest BCUT2D eigenvalue weighted by Gasteiger charge is 2.58. The Hall–Kier alpha value is -0.650. The van der Waals surface area contributed by atoms with Crippen molar-refractivity contribution in [3.63, 3.8) is 0 Å². The number of amides is 1. The van der Waals surface area contributed by atoms with Crippen molar-refractivity contribution in [2.75, 3.05) is 26.8 Å². The smallest absolute Gasteiger partial charge is 0.250 e. The molecule has 2 rings (SSSR count). The number of methoxy groups -OCH3 is 1. The summed E-state index contributed by atoms with van der Waals surface area (Å²) in [4.78, 5) is 12.1. The Bertz CT molecular complexity index is 326. The number of carbonyl (C=O) groups is 1. The van der Waals surface area contributed by atoms with Gasteiger partial charge in [-0.3, -0.25) is 4.79 Å². The summed E-state index contributed by atoms with van der Waals surface area (Å²) in [5, 5.41) is 6.24. The molecular formula is C13H24N2O3. The molecule has 0 aromatic rings. The summed E-state index contributed by atoms with van der Waals surface area (Å²) in [5.74, 6) is -0.0153. The molecule has 1 aliphatic heterocycles. The molecule has 0 bridgehead atoms. The standard InChI is InChI=1S/C13H24N2O3/c1-12(2)10(7-13(12,3)17-4)15-11(16)9-8-14-5-6-18-9/h9-10,14H,5-8H2,1-4H3,(H,15,16)/t9-,10-,13-/m1/s1. The monoisotopic (exact) mass is 256 g/mol. The molecule has 0 unspecified atom stereocenters. The Balaban J connectivity index is 1.89. The van der Waals surface area contributed by atoms with Crippen LogP contribution in [0.15, 0.2) is 0 Å². The van der Waals surface area contributed by atoms with E-state index in [9.17, 15) is 4.79 Å². The van der Waals surface area contributed by atoms with Crippen LogP contribution in [0.25, 0.3) is 0 Å². The van der Waals surface area contributed by atoms with Crippen molar-refractivity contribution in [1.82, 2.24) is 10.6 Å². The average Bonchev–Trinajstić information content (AvgIpc) is 2.38. The predicted molar refractivity (Wildman–Crippen MR) is 68.4 cm³/mol. The quantitative estimate of drug-likeness (QED) is 0.762. The van der Waals surface area contributed by atoms with E-state index in [0.717, 1.165) is 13.0 Å². The third-order valence-corrected chi connectivity index (χ3v) is 4.81. The van der Waals surface area contributed by atoms with E-state index in [1.807, 2.05) is 0 Å². The lowest BCUT2D eigenvalue weighted by atomic mass is 9.56. The minimum atomic E-state index is -0.357. The van der Waals surface area contributed by atoms with Crippen LogP contribution >= 0.6 is 0 Å². The third kappa shape index (κ3) is 2.15. The molecule has 1 saturated heterocycles. The molecule has 0 spiro atoms. The number of rotatable bonds is 3. The highest BCUT2D eigenvalue weighted by molar-refractivity contribution is 5.81. The maximum atomic E-state index is 12.1. The second kappa shape index (κ2) is 4.79. The Morgan fingerprint density at radius 2 is 2.17 bits per heavy atom. The summed E-state index contributed by atoms with van der Waals surface area (Å²) in [7, 11) is 1.73. The van der Waals surface area contributed by atoms with Crippen LogP contribution in [0.3, 0.4) is 0 Å². The first kappa shape index (κ1) is 13.8. The first-order valence-corrected chi connectivity index (χ1v) is 6.58. The normalized spacial score (nSPS) is 38.9. The molecule has 2 aliphatic rings. The second-order valence-electron chi connectivity index (χ2n) is 5.99. The number of hydrogen-bond donors (Lipinski definition) is 2. The Kier molecular flexibility index (Phi) is 3.67. The van der Waals surface area contributed by atoms with Gasteiger partial charge < -0.3 is 20.1 Å². The van der Waals surface area contributed by atoms with Crippen molar-refractivity contribution in [1.29, 1.82) is 0 Å². The number of morpholine rings is 1. The van der Waals surface area contributed by atoms with Gasteiger partial charge in [0.2, 0.25) is 0 Å².